The van der Waals surface area contributed by atoms with Crippen molar-refractivity contribution in [1.82, 2.24) is 0 Å². The van der Waals surface area contributed by atoms with Crippen LogP contribution in [0.1, 0.15) is 5.56 Å². The molecule has 3 rings (SSSR count). The number of benzene rings is 2. The largest absolute Gasteiger partial charge is 0.143 e. The predicted octanol–water partition coefficient (Wildman–Crippen LogP) is 5.39. The topological polar surface area (TPSA) is 0 Å². The van der Waals surface area contributed by atoms with Crippen molar-refractivity contribution >= 4 is 11.3 Å². The Hall–Kier alpha value is -1.86. The van der Waals surface area contributed by atoms with E-state index >= 15 is 0 Å². The van der Waals surface area contributed by atoms with Crippen LogP contribution in [0.4, 0.5) is 0 Å². The zero-order chi connectivity index (χ0) is 12.4. The molecule has 0 spiro atoms. The van der Waals surface area contributed by atoms with Gasteiger partial charge in [-0.1, -0.05) is 54.6 Å². The van der Waals surface area contributed by atoms with Crippen molar-refractivity contribution in [3.05, 3.63) is 71.6 Å². The van der Waals surface area contributed by atoms with Crippen molar-refractivity contribution in [2.24, 2.45) is 0 Å². The number of rotatable bonds is 2. The summed E-state index contributed by atoms with van der Waals surface area (Å²) in [7, 11) is 0. The van der Waals surface area contributed by atoms with Crippen LogP contribution in [-0.2, 0) is 0 Å². The number of aryl methyl sites for hydroxylation is 1. The average Bonchev–Trinajstić information content (AvgIpc) is 2.90. The van der Waals surface area contributed by atoms with Crippen molar-refractivity contribution in [1.29, 1.82) is 0 Å². The summed E-state index contributed by atoms with van der Waals surface area (Å²) in [6, 6.07) is 21.4. The molecule has 1 heterocycles. The lowest BCUT2D eigenvalue weighted by molar-refractivity contribution is 1.48. The van der Waals surface area contributed by atoms with Gasteiger partial charge in [0.15, 0.2) is 0 Å². The fourth-order valence-corrected chi connectivity index (χ4v) is 3.12. The Kier molecular flexibility index (Phi) is 2.99. The van der Waals surface area contributed by atoms with Gasteiger partial charge in [0.25, 0.3) is 0 Å². The highest BCUT2D eigenvalue weighted by molar-refractivity contribution is 7.14. The predicted molar refractivity (Wildman–Crippen MR) is 79.9 cm³/mol. The van der Waals surface area contributed by atoms with Gasteiger partial charge in [0.1, 0.15) is 0 Å². The van der Waals surface area contributed by atoms with Crippen LogP contribution < -0.4 is 0 Å². The maximum atomic E-state index is 2.28. The molecule has 3 aromatic rings. The first-order valence-electron chi connectivity index (χ1n) is 6.04. The maximum absolute atomic E-state index is 2.28. The molecule has 1 heteroatoms. The molecular formula is C17H14S. The summed E-state index contributed by atoms with van der Waals surface area (Å²) in [6.45, 7) is 2.16. The second kappa shape index (κ2) is 4.79. The lowest BCUT2D eigenvalue weighted by Crippen LogP contribution is -1.78. The van der Waals surface area contributed by atoms with Crippen LogP contribution in [0.3, 0.4) is 0 Å². The molecule has 0 amide bonds. The van der Waals surface area contributed by atoms with Gasteiger partial charge in [-0.05, 0) is 40.6 Å². The number of thiophene rings is 1. The molecule has 0 atom stereocenters. The summed E-state index contributed by atoms with van der Waals surface area (Å²) < 4.78 is 0. The lowest BCUT2D eigenvalue weighted by atomic mass is 10.0. The summed E-state index contributed by atoms with van der Waals surface area (Å²) in [5.74, 6) is 0. The van der Waals surface area contributed by atoms with Crippen LogP contribution in [0.25, 0.3) is 21.6 Å². The lowest BCUT2D eigenvalue weighted by Gasteiger charge is -2.01. The third kappa shape index (κ3) is 2.09. The Labute approximate surface area is 112 Å². The quantitative estimate of drug-likeness (QED) is 0.572. The number of hydrogen-bond donors (Lipinski definition) is 0. The molecule has 0 radical (unpaired) electrons. The van der Waals surface area contributed by atoms with E-state index in [1.165, 1.54) is 27.1 Å². The van der Waals surface area contributed by atoms with E-state index in [4.69, 9.17) is 0 Å². The Morgan fingerprint density at radius 2 is 1.50 bits per heavy atom. The third-order valence-corrected chi connectivity index (χ3v) is 4.08. The molecule has 0 N–H and O–H groups in total. The molecule has 0 bridgehead atoms. The van der Waals surface area contributed by atoms with Crippen molar-refractivity contribution in [2.45, 2.75) is 6.92 Å². The zero-order valence-electron chi connectivity index (χ0n) is 10.3. The Morgan fingerprint density at radius 1 is 0.778 bits per heavy atom. The molecule has 0 aliphatic rings. The monoisotopic (exact) mass is 250 g/mol. The van der Waals surface area contributed by atoms with Gasteiger partial charge in [-0.25, -0.2) is 0 Å². The Morgan fingerprint density at radius 3 is 2.28 bits per heavy atom. The van der Waals surface area contributed by atoms with E-state index in [1.54, 1.807) is 0 Å². The van der Waals surface area contributed by atoms with E-state index < -0.39 is 0 Å². The standard InChI is InChI=1S/C17H14S/c1-13-7-5-6-10-16(13)17-11-15(12-18-17)14-8-3-2-4-9-14/h2-12H,1H3. The van der Waals surface area contributed by atoms with Crippen LogP contribution in [0, 0.1) is 6.92 Å². The van der Waals surface area contributed by atoms with Gasteiger partial charge in [-0.2, -0.15) is 0 Å². The third-order valence-electron chi connectivity index (χ3n) is 3.12. The maximum Gasteiger partial charge on any atom is 0.0351 e. The van der Waals surface area contributed by atoms with Gasteiger partial charge in [-0.3, -0.25) is 0 Å². The van der Waals surface area contributed by atoms with E-state index in [0.29, 0.717) is 0 Å². The summed E-state index contributed by atoms with van der Waals surface area (Å²) in [5.41, 5.74) is 5.26. The minimum Gasteiger partial charge on any atom is -0.143 e. The highest BCUT2D eigenvalue weighted by atomic mass is 32.1. The van der Waals surface area contributed by atoms with E-state index in [2.05, 4.69) is 73.0 Å². The van der Waals surface area contributed by atoms with Crippen molar-refractivity contribution in [2.75, 3.05) is 0 Å². The highest BCUT2D eigenvalue weighted by Crippen LogP contribution is 2.33. The van der Waals surface area contributed by atoms with Crippen molar-refractivity contribution in [3.63, 3.8) is 0 Å². The molecule has 0 fully saturated rings. The van der Waals surface area contributed by atoms with Crippen LogP contribution in [0.2, 0.25) is 0 Å². The van der Waals surface area contributed by atoms with Crippen LogP contribution >= 0.6 is 11.3 Å². The van der Waals surface area contributed by atoms with Gasteiger partial charge >= 0.3 is 0 Å². The molecule has 0 unspecified atom stereocenters. The summed E-state index contributed by atoms with van der Waals surface area (Å²) in [6.07, 6.45) is 0. The van der Waals surface area contributed by atoms with E-state index in [9.17, 15) is 0 Å². The Bertz CT molecular complexity index is 650. The zero-order valence-corrected chi connectivity index (χ0v) is 11.1. The first-order chi connectivity index (χ1) is 8.84. The van der Waals surface area contributed by atoms with Crippen LogP contribution in [-0.4, -0.2) is 0 Å². The molecule has 88 valence electrons. The second-order valence-electron chi connectivity index (χ2n) is 4.38. The molecule has 0 aliphatic heterocycles. The average molecular weight is 250 g/mol. The molecule has 0 nitrogen and oxygen atoms in total. The van der Waals surface area contributed by atoms with Gasteiger partial charge in [0.05, 0.1) is 0 Å². The van der Waals surface area contributed by atoms with E-state index in [0.717, 1.165) is 0 Å². The van der Waals surface area contributed by atoms with Crippen molar-refractivity contribution < 1.29 is 0 Å². The Balaban J connectivity index is 2.03. The SMILES string of the molecule is Cc1ccccc1-c1cc(-c2ccccc2)cs1. The first kappa shape index (κ1) is 11.2. The second-order valence-corrected chi connectivity index (χ2v) is 5.29. The van der Waals surface area contributed by atoms with Gasteiger partial charge in [-0.15, -0.1) is 11.3 Å². The highest BCUT2D eigenvalue weighted by Gasteiger charge is 2.05. The molecule has 1 aromatic heterocycles. The van der Waals surface area contributed by atoms with Gasteiger partial charge < -0.3 is 0 Å². The summed E-state index contributed by atoms with van der Waals surface area (Å²) >= 11 is 1.81. The summed E-state index contributed by atoms with van der Waals surface area (Å²) in [5, 5.41) is 2.23. The van der Waals surface area contributed by atoms with Gasteiger partial charge in [0.2, 0.25) is 0 Å². The minimum atomic E-state index is 1.29. The minimum absolute atomic E-state index is 1.29. The normalized spacial score (nSPS) is 10.5. The van der Waals surface area contributed by atoms with E-state index in [-0.39, 0.29) is 0 Å². The molecule has 0 saturated heterocycles. The van der Waals surface area contributed by atoms with Crippen LogP contribution in [0.15, 0.2) is 66.0 Å². The van der Waals surface area contributed by atoms with E-state index in [1.807, 2.05) is 11.3 Å². The molecule has 18 heavy (non-hydrogen) atoms. The number of hydrogen-bond acceptors (Lipinski definition) is 1. The summed E-state index contributed by atoms with van der Waals surface area (Å²) in [4.78, 5) is 1.34. The fraction of sp³-hybridized carbons (Fsp3) is 0.0588. The fourth-order valence-electron chi connectivity index (χ4n) is 2.11. The molecule has 0 aliphatic carbocycles. The smallest absolute Gasteiger partial charge is 0.0351 e. The molecular weight excluding hydrogens is 236 g/mol. The van der Waals surface area contributed by atoms with Crippen LogP contribution in [0.5, 0.6) is 0 Å². The molecule has 2 aromatic carbocycles. The van der Waals surface area contributed by atoms with Gasteiger partial charge in [0, 0.05) is 4.88 Å². The van der Waals surface area contributed by atoms with Crippen molar-refractivity contribution in [3.8, 4) is 21.6 Å². The first-order valence-corrected chi connectivity index (χ1v) is 6.92. The molecule has 0 saturated carbocycles.